The summed E-state index contributed by atoms with van der Waals surface area (Å²) in [6, 6.07) is 15.8. The highest BCUT2D eigenvalue weighted by Gasteiger charge is 2.17. The molecular weight excluding hydrogens is 464 g/mol. The zero-order valence-corrected chi connectivity index (χ0v) is 22.5. The summed E-state index contributed by atoms with van der Waals surface area (Å²) in [5, 5.41) is 0. The van der Waals surface area contributed by atoms with Gasteiger partial charge in [-0.05, 0) is 119 Å². The summed E-state index contributed by atoms with van der Waals surface area (Å²) in [6.45, 7) is 4.80. The van der Waals surface area contributed by atoms with E-state index in [0.717, 1.165) is 24.0 Å². The molecular formula is C31H44N2O4. The Kier molecular flexibility index (Phi) is 12.5. The van der Waals surface area contributed by atoms with E-state index in [4.69, 9.17) is 15.2 Å². The van der Waals surface area contributed by atoms with Crippen LogP contribution in [0.5, 0.6) is 11.5 Å². The van der Waals surface area contributed by atoms with E-state index >= 15 is 0 Å². The van der Waals surface area contributed by atoms with Crippen molar-refractivity contribution in [3.63, 3.8) is 0 Å². The highest BCUT2D eigenvalue weighted by Crippen LogP contribution is 2.27. The van der Waals surface area contributed by atoms with Crippen molar-refractivity contribution >= 4 is 11.7 Å². The van der Waals surface area contributed by atoms with Gasteiger partial charge in [-0.25, -0.2) is 0 Å². The first-order valence-electron chi connectivity index (χ1n) is 13.9. The third-order valence-electron chi connectivity index (χ3n) is 7.26. The molecule has 1 saturated carbocycles. The highest BCUT2D eigenvalue weighted by atomic mass is 16.5. The van der Waals surface area contributed by atoms with Gasteiger partial charge in [0.05, 0.1) is 13.7 Å². The van der Waals surface area contributed by atoms with E-state index in [2.05, 4.69) is 29.2 Å². The molecule has 6 nitrogen and oxygen atoms in total. The molecule has 1 aliphatic carbocycles. The van der Waals surface area contributed by atoms with Gasteiger partial charge in [-0.1, -0.05) is 18.6 Å². The van der Waals surface area contributed by atoms with Gasteiger partial charge < -0.3 is 20.1 Å². The van der Waals surface area contributed by atoms with E-state index in [0.29, 0.717) is 31.2 Å². The number of rotatable bonds is 14. The maximum Gasteiger partial charge on any atom is 0.217 e. The molecule has 1 amide bonds. The Morgan fingerprint density at radius 3 is 2.11 bits per heavy atom. The van der Waals surface area contributed by atoms with Crippen LogP contribution in [0, 0.1) is 5.92 Å². The maximum absolute atomic E-state index is 11.7. The van der Waals surface area contributed by atoms with Crippen LogP contribution < -0.4 is 15.2 Å². The van der Waals surface area contributed by atoms with Crippen molar-refractivity contribution in [2.75, 3.05) is 33.4 Å². The summed E-state index contributed by atoms with van der Waals surface area (Å²) in [7, 11) is 1.58. The molecule has 4 rings (SSSR count). The first kappa shape index (κ1) is 28.7. The quantitative estimate of drug-likeness (QED) is 0.257. The molecule has 6 heteroatoms. The second kappa shape index (κ2) is 16.1. The number of ether oxygens (including phenoxy) is 2. The Morgan fingerprint density at radius 1 is 0.865 bits per heavy atom. The summed E-state index contributed by atoms with van der Waals surface area (Å²) in [4.78, 5) is 24.8. The number of amides is 1. The average molecular weight is 509 g/mol. The predicted octanol–water partition coefficient (Wildman–Crippen LogP) is 5.82. The number of benzene rings is 2. The van der Waals surface area contributed by atoms with Gasteiger partial charge in [0.2, 0.25) is 5.91 Å². The van der Waals surface area contributed by atoms with E-state index in [1.807, 2.05) is 0 Å². The molecule has 2 aromatic rings. The van der Waals surface area contributed by atoms with E-state index in [9.17, 15) is 9.59 Å². The van der Waals surface area contributed by atoms with Crippen LogP contribution in [-0.4, -0.2) is 49.9 Å². The zero-order chi connectivity index (χ0) is 26.3. The lowest BCUT2D eigenvalue weighted by molar-refractivity contribution is -0.118. The minimum Gasteiger partial charge on any atom is -0.497 e. The van der Waals surface area contributed by atoms with Crippen LogP contribution in [0.1, 0.15) is 80.1 Å². The van der Waals surface area contributed by atoms with Gasteiger partial charge in [0.15, 0.2) is 5.78 Å². The third kappa shape index (κ3) is 11.0. The van der Waals surface area contributed by atoms with Crippen molar-refractivity contribution in [3.8, 4) is 11.5 Å². The molecule has 37 heavy (non-hydrogen) atoms. The molecule has 2 N–H and O–H groups in total. The fourth-order valence-electron chi connectivity index (χ4n) is 4.64. The fraction of sp³-hybridized carbons (Fsp3) is 0.548. The molecule has 0 spiro atoms. The third-order valence-corrected chi connectivity index (χ3v) is 7.26. The van der Waals surface area contributed by atoms with Crippen molar-refractivity contribution in [2.24, 2.45) is 11.7 Å². The normalized spacial score (nSPS) is 15.4. The van der Waals surface area contributed by atoms with Crippen molar-refractivity contribution in [3.05, 3.63) is 59.7 Å². The molecule has 2 aliphatic rings. The number of primary amides is 1. The smallest absolute Gasteiger partial charge is 0.217 e. The van der Waals surface area contributed by atoms with Gasteiger partial charge in [-0.3, -0.25) is 9.59 Å². The topological polar surface area (TPSA) is 81.9 Å². The summed E-state index contributed by atoms with van der Waals surface area (Å²) in [5.41, 5.74) is 7.13. The van der Waals surface area contributed by atoms with Gasteiger partial charge in [0.1, 0.15) is 11.5 Å². The molecule has 0 radical (unpaired) electrons. The van der Waals surface area contributed by atoms with Crippen LogP contribution >= 0.6 is 0 Å². The summed E-state index contributed by atoms with van der Waals surface area (Å²) in [5.74, 6) is 2.35. The second-order valence-electron chi connectivity index (χ2n) is 10.2. The van der Waals surface area contributed by atoms with Crippen molar-refractivity contribution < 1.29 is 19.1 Å². The van der Waals surface area contributed by atoms with Crippen LogP contribution in [0.3, 0.4) is 0 Å². The van der Waals surface area contributed by atoms with E-state index in [1.54, 1.807) is 31.4 Å². The number of carbonyl (C=O) groups is 2. The number of methoxy groups -OCH3 is 1. The van der Waals surface area contributed by atoms with E-state index < -0.39 is 0 Å². The Morgan fingerprint density at radius 2 is 1.51 bits per heavy atom. The lowest BCUT2D eigenvalue weighted by Gasteiger charge is -2.25. The van der Waals surface area contributed by atoms with E-state index in [1.165, 1.54) is 70.1 Å². The molecule has 2 aromatic carbocycles. The van der Waals surface area contributed by atoms with Crippen LogP contribution in [0.15, 0.2) is 48.5 Å². The Hall–Kier alpha value is -2.86. The lowest BCUT2D eigenvalue weighted by Crippen LogP contribution is -2.20. The lowest BCUT2D eigenvalue weighted by atomic mass is 9.86. The van der Waals surface area contributed by atoms with Gasteiger partial charge >= 0.3 is 0 Å². The summed E-state index contributed by atoms with van der Waals surface area (Å²) < 4.78 is 10.9. The number of aryl methyl sites for hydroxylation is 1. The standard InChI is InChI=1S/C18H27NO.C13H17NO3/c1-2-13-19(12-1)14-4-7-16-8-10-18(11-9-16)20-15-17-5-3-6-17;1-17-11-8-6-10(7-9-11)12(15)4-2-3-5-13(14)16/h8-11,17H,1-7,12-15H2;6-9H,2-5H2,1H3,(H2,14,16). The number of carbonyl (C=O) groups excluding carboxylic acids is 2. The number of nitrogens with zero attached hydrogens (tertiary/aromatic N) is 1. The molecule has 1 heterocycles. The molecule has 0 aromatic heterocycles. The molecule has 1 aliphatic heterocycles. The van der Waals surface area contributed by atoms with Crippen LogP contribution in [0.4, 0.5) is 0 Å². The van der Waals surface area contributed by atoms with Gasteiger partial charge in [-0.15, -0.1) is 0 Å². The minimum absolute atomic E-state index is 0.0807. The molecule has 0 unspecified atom stereocenters. The largest absolute Gasteiger partial charge is 0.497 e. The number of ketones is 1. The van der Waals surface area contributed by atoms with Gasteiger partial charge in [0.25, 0.3) is 0 Å². The molecule has 202 valence electrons. The predicted molar refractivity (Wildman–Crippen MR) is 148 cm³/mol. The summed E-state index contributed by atoms with van der Waals surface area (Å²) >= 11 is 0. The molecule has 0 bridgehead atoms. The number of hydrogen-bond acceptors (Lipinski definition) is 5. The van der Waals surface area contributed by atoms with Crippen LogP contribution in [0.2, 0.25) is 0 Å². The molecule has 2 fully saturated rings. The first-order chi connectivity index (χ1) is 18.0. The maximum atomic E-state index is 11.7. The number of Topliss-reactive ketones (excluding diaryl/α,β-unsaturated/α-hetero) is 1. The number of likely N-dealkylation sites (tertiary alicyclic amines) is 1. The number of nitrogens with two attached hydrogens (primary N) is 1. The highest BCUT2D eigenvalue weighted by molar-refractivity contribution is 5.96. The van der Waals surface area contributed by atoms with Crippen LogP contribution in [0.25, 0.3) is 0 Å². The monoisotopic (exact) mass is 508 g/mol. The minimum atomic E-state index is -0.318. The summed E-state index contributed by atoms with van der Waals surface area (Å²) in [6.07, 6.45) is 11.5. The number of unbranched alkanes of at least 4 members (excludes halogenated alkanes) is 1. The van der Waals surface area contributed by atoms with Crippen molar-refractivity contribution in [1.29, 1.82) is 0 Å². The SMILES string of the molecule is COc1ccc(C(=O)CCCCC(N)=O)cc1.c1cc(OCC2CCC2)ccc1CCCN1CCCC1. The average Bonchev–Trinajstić information content (AvgIpc) is 3.40. The molecule has 0 atom stereocenters. The van der Waals surface area contributed by atoms with E-state index in [-0.39, 0.29) is 11.7 Å². The second-order valence-corrected chi connectivity index (χ2v) is 10.2. The van der Waals surface area contributed by atoms with Crippen LogP contribution in [-0.2, 0) is 11.2 Å². The van der Waals surface area contributed by atoms with Crippen molar-refractivity contribution in [2.45, 2.75) is 70.6 Å². The Balaban J connectivity index is 0.000000209. The van der Waals surface area contributed by atoms with Gasteiger partial charge in [-0.2, -0.15) is 0 Å². The first-order valence-corrected chi connectivity index (χ1v) is 13.9. The number of hydrogen-bond donors (Lipinski definition) is 1. The zero-order valence-electron chi connectivity index (χ0n) is 22.5. The molecule has 1 saturated heterocycles. The fourth-order valence-corrected chi connectivity index (χ4v) is 4.64. The Bertz CT molecular complexity index is 933. The van der Waals surface area contributed by atoms with Gasteiger partial charge in [0, 0.05) is 18.4 Å². The van der Waals surface area contributed by atoms with Crippen molar-refractivity contribution in [1.82, 2.24) is 4.90 Å². The Labute approximate surface area is 222 Å².